The second-order valence-corrected chi connectivity index (χ2v) is 5.23. The van der Waals surface area contributed by atoms with Crippen LogP contribution in [-0.2, 0) is 6.42 Å². The average molecular weight is 244 g/mol. The van der Waals surface area contributed by atoms with Gasteiger partial charge in [0.2, 0.25) is 0 Å². The Morgan fingerprint density at radius 2 is 1.79 bits per heavy atom. The largest absolute Gasteiger partial charge is 0.176 e. The zero-order valence-corrected chi connectivity index (χ0v) is 10.8. The highest BCUT2D eigenvalue weighted by Crippen LogP contribution is 2.46. The summed E-state index contributed by atoms with van der Waals surface area (Å²) in [6.07, 6.45) is 0.983. The number of fused-ring (bicyclic) bond motifs is 3. The second-order valence-electron chi connectivity index (χ2n) is 5.23. The van der Waals surface area contributed by atoms with Gasteiger partial charge in [0.1, 0.15) is 13.9 Å². The van der Waals surface area contributed by atoms with Crippen molar-refractivity contribution < 1.29 is 0 Å². The summed E-state index contributed by atoms with van der Waals surface area (Å²) in [6, 6.07) is 17.3. The van der Waals surface area contributed by atoms with Crippen LogP contribution in [0.4, 0.5) is 0 Å². The van der Waals surface area contributed by atoms with Crippen molar-refractivity contribution >= 4 is 19.0 Å². The third-order valence-corrected chi connectivity index (χ3v) is 3.96. The van der Waals surface area contributed by atoms with Crippen molar-refractivity contribution in [3.63, 3.8) is 0 Å². The highest BCUT2D eigenvalue weighted by atomic mass is 15.2. The van der Waals surface area contributed by atoms with E-state index in [1.807, 2.05) is 0 Å². The summed E-state index contributed by atoms with van der Waals surface area (Å²) >= 11 is 0. The van der Waals surface area contributed by atoms with Crippen LogP contribution in [0.15, 0.2) is 64.3 Å². The van der Waals surface area contributed by atoms with E-state index in [-0.39, 0.29) is 6.04 Å². The van der Waals surface area contributed by atoms with Crippen molar-refractivity contribution in [2.24, 2.45) is 10.2 Å². The summed E-state index contributed by atoms with van der Waals surface area (Å²) in [5.41, 5.74) is 7.59. The zero-order chi connectivity index (χ0) is 12.8. The van der Waals surface area contributed by atoms with E-state index in [9.17, 15) is 0 Å². The smallest absolute Gasteiger partial charge is 0.139 e. The van der Waals surface area contributed by atoms with E-state index < -0.39 is 0 Å². The van der Waals surface area contributed by atoms with E-state index in [1.165, 1.54) is 27.7 Å². The molecule has 19 heavy (non-hydrogen) atoms. The van der Waals surface area contributed by atoms with E-state index in [2.05, 4.69) is 66.6 Å². The first-order valence-electron chi connectivity index (χ1n) is 6.61. The Bertz CT molecular complexity index is 714. The molecule has 3 heteroatoms. The van der Waals surface area contributed by atoms with E-state index in [4.69, 9.17) is 0 Å². The Morgan fingerprint density at radius 1 is 1.00 bits per heavy atom. The number of nitrogens with zero attached hydrogens (tertiary/aromatic N) is 2. The van der Waals surface area contributed by atoms with Crippen LogP contribution in [-0.4, -0.2) is 7.85 Å². The monoisotopic (exact) mass is 244 g/mol. The highest BCUT2D eigenvalue weighted by Gasteiger charge is 2.33. The number of hydrogen-bond acceptors (Lipinski definition) is 2. The molecule has 2 aromatic rings. The standard InChI is InChI=1S/C16H13BN2/c17-12-7-5-10(6-8-12)15-14-9-11-3-1-2-4-13(11)16(14)19-18-15/h1-8,16H,9,17H2. The first kappa shape index (κ1) is 10.7. The molecule has 1 unspecified atom stereocenters. The Balaban J connectivity index is 1.83. The van der Waals surface area contributed by atoms with Crippen LogP contribution in [0.3, 0.4) is 0 Å². The van der Waals surface area contributed by atoms with Crippen molar-refractivity contribution in [2.45, 2.75) is 12.5 Å². The van der Waals surface area contributed by atoms with Gasteiger partial charge >= 0.3 is 0 Å². The zero-order valence-electron chi connectivity index (χ0n) is 10.8. The minimum Gasteiger partial charge on any atom is -0.176 e. The minimum atomic E-state index is 0.160. The summed E-state index contributed by atoms with van der Waals surface area (Å²) in [4.78, 5) is 0. The molecule has 0 spiro atoms. The average Bonchev–Trinajstić information content (AvgIpc) is 2.98. The van der Waals surface area contributed by atoms with Gasteiger partial charge in [-0.25, -0.2) is 0 Å². The summed E-state index contributed by atoms with van der Waals surface area (Å²) in [7, 11) is 2.10. The molecule has 0 saturated heterocycles. The number of benzene rings is 2. The van der Waals surface area contributed by atoms with Gasteiger partial charge in [-0.1, -0.05) is 54.0 Å². The Kier molecular flexibility index (Phi) is 2.22. The van der Waals surface area contributed by atoms with Crippen LogP contribution < -0.4 is 5.46 Å². The molecule has 1 aliphatic carbocycles. The quantitative estimate of drug-likeness (QED) is 0.688. The number of hydrogen-bond donors (Lipinski definition) is 0. The molecule has 0 aromatic heterocycles. The van der Waals surface area contributed by atoms with Gasteiger partial charge in [-0.3, -0.25) is 0 Å². The summed E-state index contributed by atoms with van der Waals surface area (Å²) < 4.78 is 0. The van der Waals surface area contributed by atoms with Crippen LogP contribution in [0, 0.1) is 0 Å². The van der Waals surface area contributed by atoms with E-state index in [1.54, 1.807) is 0 Å². The lowest BCUT2D eigenvalue weighted by Gasteiger charge is -2.03. The second kappa shape index (κ2) is 3.92. The molecule has 0 bridgehead atoms. The molecule has 1 aliphatic heterocycles. The van der Waals surface area contributed by atoms with Crippen molar-refractivity contribution in [3.8, 4) is 0 Å². The molecule has 0 fully saturated rings. The predicted molar refractivity (Wildman–Crippen MR) is 79.3 cm³/mol. The van der Waals surface area contributed by atoms with Gasteiger partial charge in [-0.05, 0) is 23.1 Å². The molecule has 0 saturated carbocycles. The maximum absolute atomic E-state index is 4.47. The van der Waals surface area contributed by atoms with Crippen LogP contribution in [0.25, 0.3) is 5.70 Å². The normalized spacial score (nSPS) is 19.7. The third-order valence-electron chi connectivity index (χ3n) is 3.96. The van der Waals surface area contributed by atoms with Crippen molar-refractivity contribution in [3.05, 3.63) is 70.8 Å². The Hall–Kier alpha value is -2.16. The van der Waals surface area contributed by atoms with Crippen LogP contribution in [0.2, 0.25) is 0 Å². The van der Waals surface area contributed by atoms with Crippen LogP contribution in [0.5, 0.6) is 0 Å². The molecule has 1 heterocycles. The van der Waals surface area contributed by atoms with Gasteiger partial charge in [-0.15, -0.1) is 0 Å². The van der Waals surface area contributed by atoms with Gasteiger partial charge in [0.05, 0.1) is 5.70 Å². The lowest BCUT2D eigenvalue weighted by molar-refractivity contribution is 0.862. The molecule has 2 nitrogen and oxygen atoms in total. The van der Waals surface area contributed by atoms with Gasteiger partial charge in [0.15, 0.2) is 0 Å². The van der Waals surface area contributed by atoms with Gasteiger partial charge in [0, 0.05) is 5.56 Å². The van der Waals surface area contributed by atoms with E-state index in [0.29, 0.717) is 0 Å². The van der Waals surface area contributed by atoms with Crippen molar-refractivity contribution in [1.82, 2.24) is 0 Å². The minimum absolute atomic E-state index is 0.160. The van der Waals surface area contributed by atoms with E-state index >= 15 is 0 Å². The fraction of sp³-hybridized carbons (Fsp3) is 0.125. The molecule has 4 rings (SSSR count). The molecule has 2 aromatic carbocycles. The van der Waals surface area contributed by atoms with Crippen LogP contribution in [0.1, 0.15) is 22.7 Å². The van der Waals surface area contributed by atoms with Crippen LogP contribution >= 0.6 is 0 Å². The predicted octanol–water partition coefficient (Wildman–Crippen LogP) is 2.42. The first-order chi connectivity index (χ1) is 9.33. The Morgan fingerprint density at radius 3 is 2.63 bits per heavy atom. The molecule has 90 valence electrons. The molecule has 0 N–H and O–H groups in total. The lowest BCUT2D eigenvalue weighted by Crippen LogP contribution is -2.00. The van der Waals surface area contributed by atoms with Gasteiger partial charge in [0.25, 0.3) is 0 Å². The van der Waals surface area contributed by atoms with Gasteiger partial charge in [-0.2, -0.15) is 10.2 Å². The fourth-order valence-electron chi connectivity index (χ4n) is 2.93. The number of rotatable bonds is 1. The molecule has 2 aliphatic rings. The van der Waals surface area contributed by atoms with Gasteiger partial charge < -0.3 is 0 Å². The molecule has 0 radical (unpaired) electrons. The SMILES string of the molecule is Bc1ccc(C2=C3Cc4ccccc4C3N=N2)cc1. The summed E-state index contributed by atoms with van der Waals surface area (Å²) in [6.45, 7) is 0. The number of azo groups is 1. The molecular formula is C16H13BN2. The van der Waals surface area contributed by atoms with Crippen molar-refractivity contribution in [1.29, 1.82) is 0 Å². The van der Waals surface area contributed by atoms with E-state index in [0.717, 1.165) is 12.1 Å². The molecule has 0 amide bonds. The topological polar surface area (TPSA) is 24.7 Å². The first-order valence-corrected chi connectivity index (χ1v) is 6.61. The summed E-state index contributed by atoms with van der Waals surface area (Å²) in [5, 5.41) is 8.89. The molecule has 1 atom stereocenters. The highest BCUT2D eigenvalue weighted by molar-refractivity contribution is 6.32. The Labute approximate surface area is 113 Å². The van der Waals surface area contributed by atoms with Crippen molar-refractivity contribution in [2.75, 3.05) is 0 Å². The maximum Gasteiger partial charge on any atom is 0.139 e. The third kappa shape index (κ3) is 1.58. The maximum atomic E-state index is 4.47. The molecular weight excluding hydrogens is 231 g/mol. The lowest BCUT2D eigenvalue weighted by atomic mass is 9.94. The fourth-order valence-corrected chi connectivity index (χ4v) is 2.93. The summed E-state index contributed by atoms with van der Waals surface area (Å²) in [5.74, 6) is 0.